The van der Waals surface area contributed by atoms with Gasteiger partial charge < -0.3 is 9.80 Å². The number of carbonyl (C=O) groups excluding carboxylic acids is 2. The van der Waals surface area contributed by atoms with Crippen molar-refractivity contribution in [2.45, 2.75) is 44.4 Å². The minimum absolute atomic E-state index is 0.0271. The number of amides is 2. The Hall–Kier alpha value is -3.40. The second-order valence-electron chi connectivity index (χ2n) is 10.8. The van der Waals surface area contributed by atoms with Crippen molar-refractivity contribution >= 4 is 11.8 Å². The van der Waals surface area contributed by atoms with Gasteiger partial charge >= 0.3 is 0 Å². The zero-order valence-corrected chi connectivity index (χ0v) is 21.7. The van der Waals surface area contributed by atoms with E-state index in [1.165, 1.54) is 11.1 Å². The second-order valence-corrected chi connectivity index (χ2v) is 10.8. The summed E-state index contributed by atoms with van der Waals surface area (Å²) in [6.07, 6.45) is 6.06. The van der Waals surface area contributed by atoms with Gasteiger partial charge in [0.05, 0.1) is 0 Å². The Labute approximate surface area is 221 Å². The molecule has 0 spiro atoms. The van der Waals surface area contributed by atoms with Gasteiger partial charge in [0.15, 0.2) is 0 Å². The van der Waals surface area contributed by atoms with E-state index in [-0.39, 0.29) is 11.8 Å². The van der Waals surface area contributed by atoms with Crippen molar-refractivity contribution in [3.8, 4) is 0 Å². The molecule has 0 atom stereocenters. The molecule has 2 amide bonds. The van der Waals surface area contributed by atoms with Crippen LogP contribution < -0.4 is 0 Å². The number of carbonyl (C=O) groups is 2. The number of hydrogen-bond donors (Lipinski definition) is 0. The van der Waals surface area contributed by atoms with Crippen molar-refractivity contribution in [1.82, 2.24) is 9.80 Å². The van der Waals surface area contributed by atoms with Gasteiger partial charge in [0, 0.05) is 26.2 Å². The van der Waals surface area contributed by atoms with Crippen LogP contribution in [0.4, 0.5) is 0 Å². The lowest BCUT2D eigenvalue weighted by molar-refractivity contribution is -0.144. The van der Waals surface area contributed by atoms with Crippen LogP contribution >= 0.6 is 0 Å². The Balaban J connectivity index is 1.21. The molecule has 0 aliphatic carbocycles. The third kappa shape index (κ3) is 6.49. The molecule has 192 valence electrons. The lowest BCUT2D eigenvalue weighted by Gasteiger charge is -2.37. The minimum atomic E-state index is -0.738. The van der Waals surface area contributed by atoms with Crippen LogP contribution in [0.5, 0.6) is 0 Å². The number of hydrogen-bond acceptors (Lipinski definition) is 2. The molecule has 2 heterocycles. The summed E-state index contributed by atoms with van der Waals surface area (Å²) in [5.41, 5.74) is 3.54. The van der Waals surface area contributed by atoms with Gasteiger partial charge in [-0.3, -0.25) is 9.59 Å². The molecular weight excluding hydrogens is 456 g/mol. The molecule has 2 aliphatic rings. The van der Waals surface area contributed by atoms with E-state index >= 15 is 0 Å². The summed E-state index contributed by atoms with van der Waals surface area (Å²) in [4.78, 5) is 31.6. The molecule has 0 saturated carbocycles. The molecule has 2 aliphatic heterocycles. The smallest absolute Gasteiger partial charge is 0.239 e. The van der Waals surface area contributed by atoms with E-state index < -0.39 is 5.92 Å². The van der Waals surface area contributed by atoms with Crippen LogP contribution in [0, 0.1) is 11.8 Å². The van der Waals surface area contributed by atoms with Crippen molar-refractivity contribution in [2.24, 2.45) is 11.8 Å². The van der Waals surface area contributed by atoms with Crippen molar-refractivity contribution in [3.05, 3.63) is 108 Å². The highest BCUT2D eigenvalue weighted by Crippen LogP contribution is 2.29. The molecule has 3 aromatic rings. The Morgan fingerprint density at radius 1 is 0.568 bits per heavy atom. The molecule has 2 saturated heterocycles. The SMILES string of the molecule is O=C(C(C(=O)N1CCC(Cc2ccccc2)CC1)c1ccccc1)N1CCC(Cc2ccccc2)CC1. The van der Waals surface area contributed by atoms with Crippen LogP contribution in [0.2, 0.25) is 0 Å². The van der Waals surface area contributed by atoms with Gasteiger partial charge in [-0.25, -0.2) is 0 Å². The van der Waals surface area contributed by atoms with E-state index in [0.29, 0.717) is 11.8 Å². The van der Waals surface area contributed by atoms with Crippen LogP contribution in [-0.2, 0) is 22.4 Å². The summed E-state index contributed by atoms with van der Waals surface area (Å²) < 4.78 is 0. The second kappa shape index (κ2) is 12.2. The van der Waals surface area contributed by atoms with Gasteiger partial charge in [0.2, 0.25) is 11.8 Å². The van der Waals surface area contributed by atoms with Crippen LogP contribution in [0.15, 0.2) is 91.0 Å². The first-order chi connectivity index (χ1) is 18.2. The van der Waals surface area contributed by atoms with E-state index in [2.05, 4.69) is 60.7 Å². The average molecular weight is 495 g/mol. The maximum atomic E-state index is 13.8. The fourth-order valence-corrected chi connectivity index (χ4v) is 6.01. The fourth-order valence-electron chi connectivity index (χ4n) is 6.01. The van der Waals surface area contributed by atoms with E-state index in [0.717, 1.165) is 70.3 Å². The van der Waals surface area contributed by atoms with Crippen LogP contribution in [-0.4, -0.2) is 47.8 Å². The molecule has 0 bridgehead atoms. The first-order valence-electron chi connectivity index (χ1n) is 13.9. The van der Waals surface area contributed by atoms with Crippen LogP contribution in [0.3, 0.4) is 0 Å². The molecule has 0 N–H and O–H groups in total. The maximum Gasteiger partial charge on any atom is 0.239 e. The summed E-state index contributed by atoms with van der Waals surface area (Å²) in [5, 5.41) is 0. The first kappa shape index (κ1) is 25.3. The molecule has 0 unspecified atom stereocenters. The van der Waals surface area contributed by atoms with Crippen molar-refractivity contribution in [1.29, 1.82) is 0 Å². The van der Waals surface area contributed by atoms with E-state index in [9.17, 15) is 9.59 Å². The Morgan fingerprint density at radius 2 is 0.919 bits per heavy atom. The minimum Gasteiger partial charge on any atom is -0.342 e. The normalized spacial score (nSPS) is 17.2. The predicted molar refractivity (Wildman–Crippen MR) is 148 cm³/mol. The lowest BCUT2D eigenvalue weighted by Crippen LogP contribution is -2.48. The molecule has 0 aromatic heterocycles. The van der Waals surface area contributed by atoms with Gasteiger partial charge in [-0.1, -0.05) is 91.0 Å². The van der Waals surface area contributed by atoms with Gasteiger partial charge in [-0.05, 0) is 67.1 Å². The first-order valence-corrected chi connectivity index (χ1v) is 13.9. The summed E-state index contributed by atoms with van der Waals surface area (Å²) in [5.74, 6) is 0.376. The Kier molecular flexibility index (Phi) is 8.35. The largest absolute Gasteiger partial charge is 0.342 e. The molecule has 3 aromatic carbocycles. The topological polar surface area (TPSA) is 40.6 Å². The zero-order valence-electron chi connectivity index (χ0n) is 21.7. The molecular formula is C33H38N2O2. The number of nitrogens with zero attached hydrogens (tertiary/aromatic N) is 2. The fraction of sp³-hybridized carbons (Fsp3) is 0.394. The average Bonchev–Trinajstić information content (AvgIpc) is 2.95. The quantitative estimate of drug-likeness (QED) is 0.394. The maximum absolute atomic E-state index is 13.8. The van der Waals surface area contributed by atoms with Crippen molar-refractivity contribution < 1.29 is 9.59 Å². The highest BCUT2D eigenvalue weighted by molar-refractivity contribution is 6.05. The predicted octanol–water partition coefficient (Wildman–Crippen LogP) is 5.73. The molecule has 0 radical (unpaired) electrons. The molecule has 5 rings (SSSR count). The third-order valence-electron chi connectivity index (χ3n) is 8.21. The zero-order chi connectivity index (χ0) is 25.5. The Bertz CT molecular complexity index is 1060. The highest BCUT2D eigenvalue weighted by atomic mass is 16.2. The summed E-state index contributed by atoms with van der Waals surface area (Å²) in [7, 11) is 0. The summed E-state index contributed by atoms with van der Waals surface area (Å²) in [6, 6.07) is 30.9. The van der Waals surface area contributed by atoms with Crippen molar-refractivity contribution in [3.63, 3.8) is 0 Å². The monoisotopic (exact) mass is 494 g/mol. The molecule has 37 heavy (non-hydrogen) atoms. The van der Waals surface area contributed by atoms with E-state index in [4.69, 9.17) is 0 Å². The third-order valence-corrected chi connectivity index (χ3v) is 8.21. The van der Waals surface area contributed by atoms with E-state index in [1.54, 1.807) is 0 Å². The number of benzene rings is 3. The van der Waals surface area contributed by atoms with Crippen LogP contribution in [0.1, 0.15) is 48.3 Å². The summed E-state index contributed by atoms with van der Waals surface area (Å²) >= 11 is 0. The molecule has 4 nitrogen and oxygen atoms in total. The van der Waals surface area contributed by atoms with E-state index in [1.807, 2.05) is 40.1 Å². The standard InChI is InChI=1S/C33H38N2O2/c36-32(34-20-16-28(17-21-34)24-26-10-4-1-5-11-26)31(30-14-8-3-9-15-30)33(37)35-22-18-29(19-23-35)25-27-12-6-2-7-13-27/h1-15,28-29,31H,16-25H2. The van der Waals surface area contributed by atoms with Gasteiger partial charge in [0.1, 0.15) is 5.92 Å². The highest BCUT2D eigenvalue weighted by Gasteiger charge is 2.37. The van der Waals surface area contributed by atoms with Gasteiger partial charge in [-0.2, -0.15) is 0 Å². The number of rotatable bonds is 7. The van der Waals surface area contributed by atoms with Crippen LogP contribution in [0.25, 0.3) is 0 Å². The van der Waals surface area contributed by atoms with Gasteiger partial charge in [0.25, 0.3) is 0 Å². The van der Waals surface area contributed by atoms with Crippen molar-refractivity contribution in [2.75, 3.05) is 26.2 Å². The molecule has 2 fully saturated rings. The summed E-state index contributed by atoms with van der Waals surface area (Å²) in [6.45, 7) is 2.91. The lowest BCUT2D eigenvalue weighted by atomic mass is 9.87. The van der Waals surface area contributed by atoms with Gasteiger partial charge in [-0.15, -0.1) is 0 Å². The number of likely N-dealkylation sites (tertiary alicyclic amines) is 2. The molecule has 4 heteroatoms. The number of piperidine rings is 2. The Morgan fingerprint density at radius 3 is 1.30 bits per heavy atom.